The predicted octanol–water partition coefficient (Wildman–Crippen LogP) is 5.90. The van der Waals surface area contributed by atoms with Gasteiger partial charge in [0.05, 0.1) is 23.1 Å². The first kappa shape index (κ1) is 22.9. The highest BCUT2D eigenvalue weighted by Crippen LogP contribution is 2.42. The van der Waals surface area contributed by atoms with Crippen LogP contribution in [0.1, 0.15) is 43.1 Å². The molecule has 5 aromatic rings. The monoisotopic (exact) mass is 502 g/mol. The van der Waals surface area contributed by atoms with E-state index in [2.05, 4.69) is 65.4 Å². The zero-order chi connectivity index (χ0) is 25.3. The van der Waals surface area contributed by atoms with E-state index in [4.69, 9.17) is 0 Å². The first-order chi connectivity index (χ1) is 18.8. The van der Waals surface area contributed by atoms with Crippen molar-refractivity contribution in [2.24, 2.45) is 5.92 Å². The van der Waals surface area contributed by atoms with Crippen LogP contribution in [0.15, 0.2) is 73.6 Å². The van der Waals surface area contributed by atoms with Crippen LogP contribution in [-0.2, 0) is 6.54 Å². The topological polar surface area (TPSA) is 103 Å². The van der Waals surface area contributed by atoms with Gasteiger partial charge in [0.2, 0.25) is 0 Å². The van der Waals surface area contributed by atoms with Crippen LogP contribution in [0.3, 0.4) is 0 Å². The summed E-state index contributed by atoms with van der Waals surface area (Å²) in [6.45, 7) is 1.94. The van der Waals surface area contributed by atoms with Gasteiger partial charge in [-0.05, 0) is 60.7 Å². The number of benzene rings is 1. The van der Waals surface area contributed by atoms with Crippen LogP contribution in [0.4, 0.5) is 11.4 Å². The molecule has 4 N–H and O–H groups in total. The maximum Gasteiger partial charge on any atom is 0.143 e. The van der Waals surface area contributed by atoms with Crippen molar-refractivity contribution in [1.82, 2.24) is 30.5 Å². The highest BCUT2D eigenvalue weighted by molar-refractivity contribution is 5.92. The summed E-state index contributed by atoms with van der Waals surface area (Å²) in [5.41, 5.74) is 9.34. The Morgan fingerprint density at radius 3 is 2.63 bits per heavy atom. The second-order valence-electron chi connectivity index (χ2n) is 10.3. The molecule has 8 heteroatoms. The molecule has 1 aliphatic carbocycles. The third-order valence-electron chi connectivity index (χ3n) is 7.74. The fourth-order valence-electron chi connectivity index (χ4n) is 5.75. The molecule has 1 fully saturated rings. The van der Waals surface area contributed by atoms with Crippen molar-refractivity contribution in [3.8, 4) is 22.3 Å². The molecule has 1 saturated carbocycles. The number of hydrogen-bond acceptors (Lipinski definition) is 7. The standard InChI is InChI=1S/C30H30N8/c1-2-5-19(4-1)12-32-13-20-10-23(16-33-14-20)21-7-8-26-24(11-21)29(38-37-26)30-35-27-18-34-17-25(28(27)36-30)22-6-3-9-31-15-22/h3,6-11,14-19,30,32,35-36H,1-2,4-5,12-13H2,(H,37,38). The van der Waals surface area contributed by atoms with E-state index in [9.17, 15) is 0 Å². The summed E-state index contributed by atoms with van der Waals surface area (Å²) in [4.78, 5) is 13.3. The molecule has 38 heavy (non-hydrogen) atoms. The zero-order valence-electron chi connectivity index (χ0n) is 21.1. The summed E-state index contributed by atoms with van der Waals surface area (Å²) in [6.07, 6.45) is 16.5. The Balaban J connectivity index is 1.14. The van der Waals surface area contributed by atoms with Gasteiger partial charge in [-0.1, -0.05) is 25.0 Å². The summed E-state index contributed by atoms with van der Waals surface area (Å²) in [5, 5.41) is 19.8. The number of aromatic amines is 1. The van der Waals surface area contributed by atoms with Crippen LogP contribution in [0.25, 0.3) is 33.2 Å². The van der Waals surface area contributed by atoms with Crippen LogP contribution in [0.2, 0.25) is 0 Å². The SMILES string of the molecule is c1cncc(-c2cncc3c2NC(c2n[nH]c4ccc(-c5cncc(CNCC6CCCC6)c5)cc24)N3)c1. The van der Waals surface area contributed by atoms with Crippen molar-refractivity contribution >= 4 is 22.3 Å². The Labute approximate surface area is 221 Å². The quantitative estimate of drug-likeness (QED) is 0.220. The van der Waals surface area contributed by atoms with Crippen LogP contribution in [-0.4, -0.2) is 31.7 Å². The fourth-order valence-corrected chi connectivity index (χ4v) is 5.75. The van der Waals surface area contributed by atoms with Gasteiger partial charge in [-0.2, -0.15) is 5.10 Å². The highest BCUT2D eigenvalue weighted by Gasteiger charge is 2.27. The Hall–Kier alpha value is -4.30. The molecule has 1 atom stereocenters. The van der Waals surface area contributed by atoms with Crippen LogP contribution in [0, 0.1) is 5.92 Å². The molecule has 1 unspecified atom stereocenters. The van der Waals surface area contributed by atoms with Crippen molar-refractivity contribution in [3.63, 3.8) is 0 Å². The summed E-state index contributed by atoms with van der Waals surface area (Å²) < 4.78 is 0. The minimum atomic E-state index is -0.183. The van der Waals surface area contributed by atoms with E-state index in [0.717, 1.165) is 69.2 Å². The van der Waals surface area contributed by atoms with Crippen LogP contribution < -0.4 is 16.0 Å². The molecule has 0 bridgehead atoms. The lowest BCUT2D eigenvalue weighted by Crippen LogP contribution is -2.20. The van der Waals surface area contributed by atoms with E-state index >= 15 is 0 Å². The van der Waals surface area contributed by atoms with Gasteiger partial charge in [0.15, 0.2) is 0 Å². The number of pyridine rings is 3. The molecule has 8 nitrogen and oxygen atoms in total. The van der Waals surface area contributed by atoms with Gasteiger partial charge in [-0.15, -0.1) is 0 Å². The number of nitrogens with zero attached hydrogens (tertiary/aromatic N) is 4. The lowest BCUT2D eigenvalue weighted by Gasteiger charge is -2.12. The Morgan fingerprint density at radius 2 is 1.74 bits per heavy atom. The molecule has 1 aromatic carbocycles. The molecule has 0 saturated heterocycles. The average Bonchev–Trinajstić information content (AvgIpc) is 3.73. The maximum absolute atomic E-state index is 4.68. The fraction of sp³-hybridized carbons (Fsp3) is 0.267. The molecule has 0 radical (unpaired) electrons. The van der Waals surface area contributed by atoms with Gasteiger partial charge < -0.3 is 16.0 Å². The van der Waals surface area contributed by atoms with Crippen molar-refractivity contribution in [3.05, 3.63) is 84.8 Å². The Morgan fingerprint density at radius 1 is 0.842 bits per heavy atom. The molecular formula is C30H30N8. The number of rotatable bonds is 7. The number of anilines is 2. The third kappa shape index (κ3) is 4.37. The number of aromatic nitrogens is 5. The molecular weight excluding hydrogens is 472 g/mol. The largest absolute Gasteiger partial charge is 0.358 e. The molecule has 1 aliphatic heterocycles. The second kappa shape index (κ2) is 9.87. The van der Waals surface area contributed by atoms with Crippen molar-refractivity contribution in [2.45, 2.75) is 38.4 Å². The molecule has 0 spiro atoms. The first-order valence-corrected chi connectivity index (χ1v) is 13.4. The average molecular weight is 503 g/mol. The van der Waals surface area contributed by atoms with Gasteiger partial charge >= 0.3 is 0 Å². The molecule has 4 aromatic heterocycles. The minimum Gasteiger partial charge on any atom is -0.358 e. The third-order valence-corrected chi connectivity index (χ3v) is 7.74. The summed E-state index contributed by atoms with van der Waals surface area (Å²) in [7, 11) is 0. The molecule has 7 rings (SSSR count). The highest BCUT2D eigenvalue weighted by atomic mass is 15.2. The van der Waals surface area contributed by atoms with Crippen molar-refractivity contribution < 1.29 is 0 Å². The zero-order valence-corrected chi connectivity index (χ0v) is 21.1. The summed E-state index contributed by atoms with van der Waals surface area (Å²) >= 11 is 0. The smallest absolute Gasteiger partial charge is 0.143 e. The lowest BCUT2D eigenvalue weighted by molar-refractivity contribution is 0.489. The number of H-pyrrole nitrogens is 1. The maximum atomic E-state index is 4.68. The minimum absolute atomic E-state index is 0.183. The molecule has 5 heterocycles. The Kier molecular flexibility index (Phi) is 5.94. The van der Waals surface area contributed by atoms with Crippen molar-refractivity contribution in [2.75, 3.05) is 17.2 Å². The van der Waals surface area contributed by atoms with E-state index in [1.54, 1.807) is 6.20 Å². The predicted molar refractivity (Wildman–Crippen MR) is 150 cm³/mol. The first-order valence-electron chi connectivity index (χ1n) is 13.4. The van der Waals surface area contributed by atoms with Gasteiger partial charge in [-0.25, -0.2) is 0 Å². The van der Waals surface area contributed by atoms with E-state index in [0.29, 0.717) is 0 Å². The van der Waals surface area contributed by atoms with E-state index in [-0.39, 0.29) is 6.17 Å². The van der Waals surface area contributed by atoms with E-state index in [1.807, 2.05) is 43.1 Å². The lowest BCUT2D eigenvalue weighted by atomic mass is 10.0. The second-order valence-corrected chi connectivity index (χ2v) is 10.3. The van der Waals surface area contributed by atoms with Crippen LogP contribution >= 0.6 is 0 Å². The van der Waals surface area contributed by atoms with Gasteiger partial charge in [-0.3, -0.25) is 20.1 Å². The normalized spacial score (nSPS) is 16.9. The Bertz CT molecular complexity index is 1570. The van der Waals surface area contributed by atoms with Crippen LogP contribution in [0.5, 0.6) is 0 Å². The van der Waals surface area contributed by atoms with Gasteiger partial charge in [0, 0.05) is 59.6 Å². The molecule has 190 valence electrons. The summed E-state index contributed by atoms with van der Waals surface area (Å²) in [6, 6.07) is 12.6. The van der Waals surface area contributed by atoms with Gasteiger partial charge in [0.1, 0.15) is 11.9 Å². The van der Waals surface area contributed by atoms with Gasteiger partial charge in [0.25, 0.3) is 0 Å². The van der Waals surface area contributed by atoms with E-state index < -0.39 is 0 Å². The number of nitrogens with one attached hydrogen (secondary N) is 4. The van der Waals surface area contributed by atoms with Crippen molar-refractivity contribution in [1.29, 1.82) is 0 Å². The molecule has 0 amide bonds. The van der Waals surface area contributed by atoms with E-state index in [1.165, 1.54) is 31.2 Å². The number of fused-ring (bicyclic) bond motifs is 2. The number of hydrogen-bond donors (Lipinski definition) is 4. The summed E-state index contributed by atoms with van der Waals surface area (Å²) in [5.74, 6) is 0.827. The molecule has 2 aliphatic rings.